The van der Waals surface area contributed by atoms with Crippen LogP contribution in [0.25, 0.3) is 21.3 Å². The van der Waals surface area contributed by atoms with Gasteiger partial charge in [0.2, 0.25) is 0 Å². The third-order valence-corrected chi connectivity index (χ3v) is 5.41. The molecule has 0 aliphatic rings. The van der Waals surface area contributed by atoms with Crippen molar-refractivity contribution in [3.05, 3.63) is 77.4 Å². The van der Waals surface area contributed by atoms with Gasteiger partial charge in [-0.15, -0.1) is 0 Å². The molecule has 3 aromatic carbocycles. The van der Waals surface area contributed by atoms with Crippen molar-refractivity contribution in [1.29, 1.82) is 0 Å². The molecule has 0 aliphatic heterocycles. The molecule has 3 N–H and O–H groups in total. The summed E-state index contributed by atoms with van der Waals surface area (Å²) in [6.07, 6.45) is -0.920. The molecular formula is C23H19N3O3S. The number of aryl methyl sites for hydroxylation is 2. The van der Waals surface area contributed by atoms with E-state index in [1.807, 2.05) is 24.3 Å². The summed E-state index contributed by atoms with van der Waals surface area (Å²) in [5.74, 6) is -0.234. The molecule has 0 radical (unpaired) electrons. The zero-order chi connectivity index (χ0) is 21.3. The Morgan fingerprint density at radius 1 is 0.933 bits per heavy atom. The Balaban J connectivity index is 1.51. The summed E-state index contributed by atoms with van der Waals surface area (Å²) in [5, 5.41) is 3.05. The summed E-state index contributed by atoms with van der Waals surface area (Å²) < 4.78 is 5.53. The van der Waals surface area contributed by atoms with Crippen LogP contribution in [-0.2, 0) is 0 Å². The molecule has 150 valence electrons. The highest BCUT2D eigenvalue weighted by Crippen LogP contribution is 2.29. The largest absolute Gasteiger partial charge is 0.411 e. The molecule has 0 atom stereocenters. The summed E-state index contributed by atoms with van der Waals surface area (Å²) in [6, 6.07) is 19.3. The fraction of sp³-hybridized carbons (Fsp3) is 0.0870. The van der Waals surface area contributed by atoms with E-state index in [1.165, 1.54) is 11.1 Å². The fourth-order valence-electron chi connectivity index (χ4n) is 3.27. The molecule has 30 heavy (non-hydrogen) atoms. The van der Waals surface area contributed by atoms with Crippen molar-refractivity contribution >= 4 is 39.2 Å². The van der Waals surface area contributed by atoms with Crippen LogP contribution in [0.2, 0.25) is 0 Å². The number of rotatable bonds is 4. The number of benzene rings is 3. The van der Waals surface area contributed by atoms with Crippen molar-refractivity contribution < 1.29 is 14.3 Å². The van der Waals surface area contributed by atoms with Crippen LogP contribution in [0.15, 0.2) is 60.7 Å². The smallest absolute Gasteiger partial charge is 0.381 e. The van der Waals surface area contributed by atoms with Gasteiger partial charge in [-0.3, -0.25) is 4.79 Å². The third kappa shape index (κ3) is 4.31. The minimum Gasteiger partial charge on any atom is -0.381 e. The number of carbonyl (C=O) groups excluding carboxylic acids is 2. The number of thiazole rings is 1. The predicted octanol–water partition coefficient (Wildman–Crippen LogP) is 5.29. The highest BCUT2D eigenvalue weighted by Gasteiger charge is 2.12. The lowest BCUT2D eigenvalue weighted by Gasteiger charge is -2.08. The van der Waals surface area contributed by atoms with Crippen LogP contribution < -0.4 is 15.8 Å². The SMILES string of the molecule is Cc1cc(C)cc(-c2ccc(NC(=O)c3ccc4nc(OC(N)=O)sc4c3)cc2)c1. The maximum Gasteiger partial charge on any atom is 0.411 e. The zero-order valence-electron chi connectivity index (χ0n) is 16.4. The van der Waals surface area contributed by atoms with Gasteiger partial charge in [0.05, 0.1) is 10.2 Å². The average molecular weight is 417 g/mol. The number of nitrogens with zero attached hydrogens (tertiary/aromatic N) is 1. The number of anilines is 1. The van der Waals surface area contributed by atoms with Crippen LogP contribution in [0.5, 0.6) is 5.19 Å². The maximum absolute atomic E-state index is 12.7. The summed E-state index contributed by atoms with van der Waals surface area (Å²) in [6.45, 7) is 4.15. The number of fused-ring (bicyclic) bond motifs is 1. The van der Waals surface area contributed by atoms with Crippen molar-refractivity contribution in [2.75, 3.05) is 5.32 Å². The van der Waals surface area contributed by atoms with Crippen molar-refractivity contribution in [2.24, 2.45) is 5.73 Å². The molecule has 2 amide bonds. The Kier molecular flexibility index (Phi) is 5.20. The molecule has 1 heterocycles. The van der Waals surface area contributed by atoms with E-state index in [4.69, 9.17) is 10.5 Å². The first kappa shape index (κ1) is 19.6. The Morgan fingerprint density at radius 2 is 1.63 bits per heavy atom. The first-order valence-electron chi connectivity index (χ1n) is 9.25. The van der Waals surface area contributed by atoms with Gasteiger partial charge in [-0.05, 0) is 55.3 Å². The van der Waals surface area contributed by atoms with Crippen LogP contribution in [0, 0.1) is 13.8 Å². The number of nitrogens with one attached hydrogen (secondary N) is 1. The Bertz CT molecular complexity index is 1240. The Hall–Kier alpha value is -3.71. The number of hydrogen-bond donors (Lipinski definition) is 2. The second kappa shape index (κ2) is 7.96. The summed E-state index contributed by atoms with van der Waals surface area (Å²) >= 11 is 1.15. The highest BCUT2D eigenvalue weighted by molar-refractivity contribution is 7.20. The van der Waals surface area contributed by atoms with E-state index < -0.39 is 6.09 Å². The number of primary amides is 1. The summed E-state index contributed by atoms with van der Waals surface area (Å²) in [5.41, 5.74) is 11.5. The van der Waals surface area contributed by atoms with E-state index in [0.717, 1.165) is 27.2 Å². The molecule has 0 fully saturated rings. The number of hydrogen-bond acceptors (Lipinski definition) is 5. The number of nitrogens with two attached hydrogens (primary N) is 1. The Morgan fingerprint density at radius 3 is 2.30 bits per heavy atom. The van der Waals surface area contributed by atoms with E-state index in [1.54, 1.807) is 18.2 Å². The van der Waals surface area contributed by atoms with E-state index in [2.05, 4.69) is 42.3 Å². The van der Waals surface area contributed by atoms with Gasteiger partial charge in [0, 0.05) is 11.3 Å². The minimum absolute atomic E-state index is 0.150. The zero-order valence-corrected chi connectivity index (χ0v) is 17.2. The van der Waals surface area contributed by atoms with Gasteiger partial charge in [-0.1, -0.05) is 52.8 Å². The molecule has 0 unspecified atom stereocenters. The highest BCUT2D eigenvalue weighted by atomic mass is 32.1. The monoisotopic (exact) mass is 417 g/mol. The van der Waals surface area contributed by atoms with Gasteiger partial charge >= 0.3 is 6.09 Å². The van der Waals surface area contributed by atoms with Crippen LogP contribution in [0.1, 0.15) is 21.5 Å². The van der Waals surface area contributed by atoms with Crippen molar-refractivity contribution in [3.8, 4) is 16.3 Å². The number of amides is 2. The molecule has 0 bridgehead atoms. The molecule has 0 spiro atoms. The third-order valence-electron chi connectivity index (χ3n) is 4.52. The van der Waals surface area contributed by atoms with Crippen molar-refractivity contribution in [2.45, 2.75) is 13.8 Å². The van der Waals surface area contributed by atoms with Crippen LogP contribution in [-0.4, -0.2) is 17.0 Å². The van der Waals surface area contributed by atoms with Gasteiger partial charge < -0.3 is 15.8 Å². The number of ether oxygens (including phenoxy) is 1. The molecule has 4 rings (SSSR count). The van der Waals surface area contributed by atoms with Crippen LogP contribution >= 0.6 is 11.3 Å². The first-order valence-corrected chi connectivity index (χ1v) is 10.1. The van der Waals surface area contributed by atoms with Gasteiger partial charge in [-0.25, -0.2) is 9.78 Å². The lowest BCUT2D eigenvalue weighted by atomic mass is 10.0. The van der Waals surface area contributed by atoms with Gasteiger partial charge in [0.15, 0.2) is 0 Å². The van der Waals surface area contributed by atoms with Crippen LogP contribution in [0.3, 0.4) is 0 Å². The van der Waals surface area contributed by atoms with Crippen LogP contribution in [0.4, 0.5) is 10.5 Å². The topological polar surface area (TPSA) is 94.3 Å². The first-order chi connectivity index (χ1) is 14.4. The molecule has 4 aromatic rings. The quantitative estimate of drug-likeness (QED) is 0.472. The maximum atomic E-state index is 12.7. The van der Waals surface area contributed by atoms with E-state index in [9.17, 15) is 9.59 Å². The van der Waals surface area contributed by atoms with Crippen molar-refractivity contribution in [3.63, 3.8) is 0 Å². The van der Waals surface area contributed by atoms with E-state index in [0.29, 0.717) is 16.8 Å². The second-order valence-electron chi connectivity index (χ2n) is 6.99. The minimum atomic E-state index is -0.920. The second-order valence-corrected chi connectivity index (χ2v) is 7.98. The standard InChI is InChI=1S/C23H19N3O3S/c1-13-9-14(2)11-17(10-13)15-3-6-18(7-4-15)25-21(27)16-5-8-19-20(12-16)30-23(26-19)29-22(24)28/h3-12H,1-2H3,(H2,24,28)(H,25,27). The average Bonchev–Trinajstić information content (AvgIpc) is 3.08. The van der Waals surface area contributed by atoms with E-state index >= 15 is 0 Å². The van der Waals surface area contributed by atoms with Crippen molar-refractivity contribution in [1.82, 2.24) is 4.98 Å². The molecule has 6 nitrogen and oxygen atoms in total. The molecule has 0 saturated heterocycles. The molecule has 0 saturated carbocycles. The molecule has 0 aliphatic carbocycles. The number of carbonyl (C=O) groups is 2. The lowest BCUT2D eigenvalue weighted by molar-refractivity contribution is 0.102. The summed E-state index contributed by atoms with van der Waals surface area (Å²) in [7, 11) is 0. The lowest BCUT2D eigenvalue weighted by Crippen LogP contribution is -2.15. The Labute approximate surface area is 177 Å². The van der Waals surface area contributed by atoms with Gasteiger partial charge in [-0.2, -0.15) is 0 Å². The normalized spacial score (nSPS) is 10.7. The molecular weight excluding hydrogens is 398 g/mol. The predicted molar refractivity (Wildman–Crippen MR) is 119 cm³/mol. The summed E-state index contributed by atoms with van der Waals surface area (Å²) in [4.78, 5) is 27.7. The fourth-order valence-corrected chi connectivity index (χ4v) is 4.13. The molecule has 7 heteroatoms. The van der Waals surface area contributed by atoms with Gasteiger partial charge in [0.25, 0.3) is 11.1 Å². The molecule has 1 aromatic heterocycles. The number of aromatic nitrogens is 1. The van der Waals surface area contributed by atoms with Gasteiger partial charge in [0.1, 0.15) is 0 Å². The van der Waals surface area contributed by atoms with E-state index in [-0.39, 0.29) is 11.1 Å².